The Labute approximate surface area is 221 Å². The van der Waals surface area contributed by atoms with Crippen LogP contribution < -0.4 is 10.9 Å². The van der Waals surface area contributed by atoms with Crippen LogP contribution in [0.4, 0.5) is 0 Å². The molecule has 1 fully saturated rings. The first-order valence-corrected chi connectivity index (χ1v) is 14.7. The van der Waals surface area contributed by atoms with Gasteiger partial charge < -0.3 is 4.74 Å². The molecular formula is C27H43N3O6S. The summed E-state index contributed by atoms with van der Waals surface area (Å²) in [6.07, 6.45) is 7.46. The number of allylic oxidation sites excluding steroid dienone is 1. The van der Waals surface area contributed by atoms with Crippen LogP contribution in [0.25, 0.3) is 6.08 Å². The van der Waals surface area contributed by atoms with Gasteiger partial charge in [-0.25, -0.2) is 18.7 Å². The van der Waals surface area contributed by atoms with Gasteiger partial charge in [0.05, 0.1) is 18.1 Å². The number of ether oxygens (including phenoxy) is 1. The van der Waals surface area contributed by atoms with Gasteiger partial charge in [0.25, 0.3) is 0 Å². The van der Waals surface area contributed by atoms with E-state index in [0.717, 1.165) is 29.1 Å². The third-order valence-corrected chi connectivity index (χ3v) is 7.27. The molecule has 2 N–H and O–H groups in total. The molecule has 1 aromatic carbocycles. The van der Waals surface area contributed by atoms with Gasteiger partial charge >= 0.3 is 0 Å². The third-order valence-electron chi connectivity index (χ3n) is 5.97. The van der Waals surface area contributed by atoms with Crippen LogP contribution in [0.15, 0.2) is 36.4 Å². The van der Waals surface area contributed by atoms with Crippen molar-refractivity contribution < 1.29 is 27.6 Å². The molecule has 10 heteroatoms. The molecule has 1 saturated heterocycles. The summed E-state index contributed by atoms with van der Waals surface area (Å²) in [6, 6.07) is 9.65. The predicted molar refractivity (Wildman–Crippen MR) is 144 cm³/mol. The number of rotatable bonds is 12. The number of benzene rings is 1. The molecule has 37 heavy (non-hydrogen) atoms. The number of carbonyl (C=O) groups is 2. The summed E-state index contributed by atoms with van der Waals surface area (Å²) in [6.45, 7) is 9.55. The highest BCUT2D eigenvalue weighted by Crippen LogP contribution is 2.27. The number of amides is 2. The van der Waals surface area contributed by atoms with Gasteiger partial charge in [-0.15, -0.1) is 4.41 Å². The van der Waals surface area contributed by atoms with Gasteiger partial charge in [0.2, 0.25) is 21.8 Å². The summed E-state index contributed by atoms with van der Waals surface area (Å²) in [5.74, 6) is -2.51. The van der Waals surface area contributed by atoms with Gasteiger partial charge in [0, 0.05) is 18.6 Å². The Balaban J connectivity index is 2.31. The minimum Gasteiger partial charge on any atom is -0.350 e. The van der Waals surface area contributed by atoms with Crippen molar-refractivity contribution in [2.24, 2.45) is 17.8 Å². The normalized spacial score (nSPS) is 18.6. The first-order valence-electron chi connectivity index (χ1n) is 12.9. The smallest absolute Gasteiger partial charge is 0.247 e. The number of sulfonamides is 1. The van der Waals surface area contributed by atoms with Crippen molar-refractivity contribution in [2.45, 2.75) is 78.6 Å². The fourth-order valence-electron chi connectivity index (χ4n) is 4.27. The Morgan fingerprint density at radius 2 is 1.81 bits per heavy atom. The highest BCUT2D eigenvalue weighted by molar-refractivity contribution is 7.88. The average Bonchev–Trinajstić information content (AvgIpc) is 2.82. The van der Waals surface area contributed by atoms with E-state index in [9.17, 15) is 18.0 Å². The molecule has 0 aliphatic carbocycles. The van der Waals surface area contributed by atoms with Gasteiger partial charge in [-0.3, -0.25) is 15.0 Å². The van der Waals surface area contributed by atoms with E-state index < -0.39 is 45.5 Å². The summed E-state index contributed by atoms with van der Waals surface area (Å²) in [7, 11) is -3.76. The molecule has 1 aliphatic heterocycles. The first kappa shape index (κ1) is 31.0. The number of hydrogen-bond acceptors (Lipinski definition) is 6. The van der Waals surface area contributed by atoms with E-state index in [1.165, 1.54) is 0 Å². The lowest BCUT2D eigenvalue weighted by molar-refractivity contribution is -0.203. The first-order chi connectivity index (χ1) is 17.3. The Morgan fingerprint density at radius 1 is 1.14 bits per heavy atom. The average molecular weight is 538 g/mol. The van der Waals surface area contributed by atoms with E-state index >= 15 is 0 Å². The van der Waals surface area contributed by atoms with Crippen LogP contribution in [0, 0.1) is 17.8 Å². The minimum atomic E-state index is -3.76. The van der Waals surface area contributed by atoms with Crippen molar-refractivity contribution >= 4 is 27.9 Å². The summed E-state index contributed by atoms with van der Waals surface area (Å²) in [5, 5.41) is 0. The molecule has 3 atom stereocenters. The zero-order valence-corrected chi connectivity index (χ0v) is 23.7. The van der Waals surface area contributed by atoms with Crippen molar-refractivity contribution in [3.63, 3.8) is 0 Å². The van der Waals surface area contributed by atoms with E-state index in [4.69, 9.17) is 9.57 Å². The molecule has 0 bridgehead atoms. The number of hydrogen-bond donors (Lipinski definition) is 2. The maximum Gasteiger partial charge on any atom is 0.247 e. The standard InChI is InChI=1S/C27H43N3O6S/c1-20(2)19-23(25(31)28-30(27(3,4)5)37(6,33)34)22(16-12-15-21-13-8-7-9-14-21)26(32)29-36-24-17-10-11-18-35-24/h7-9,12-15,20,22-24H,10-11,16-19H2,1-6H3,(H,28,31)(H,29,32)/t22-,23?,24+/m1/s1. The molecule has 2 amide bonds. The zero-order chi connectivity index (χ0) is 27.6. The largest absolute Gasteiger partial charge is 0.350 e. The van der Waals surface area contributed by atoms with E-state index in [1.807, 2.05) is 56.3 Å². The molecule has 0 radical (unpaired) electrons. The molecule has 0 saturated carbocycles. The van der Waals surface area contributed by atoms with E-state index in [-0.39, 0.29) is 12.3 Å². The molecule has 0 spiro atoms. The Hall–Kier alpha value is -2.27. The number of carbonyl (C=O) groups excluding carboxylic acids is 2. The third kappa shape index (κ3) is 10.6. The number of nitrogens with one attached hydrogen (secondary N) is 2. The fraction of sp³-hybridized carbons (Fsp3) is 0.630. The van der Waals surface area contributed by atoms with Crippen molar-refractivity contribution in [3.05, 3.63) is 42.0 Å². The highest BCUT2D eigenvalue weighted by atomic mass is 32.2. The Kier molecular flexibility index (Phi) is 11.7. The summed E-state index contributed by atoms with van der Waals surface area (Å²) in [5.41, 5.74) is 5.18. The van der Waals surface area contributed by atoms with Crippen LogP contribution in [0.2, 0.25) is 0 Å². The van der Waals surface area contributed by atoms with Crippen molar-refractivity contribution in [1.82, 2.24) is 15.3 Å². The zero-order valence-electron chi connectivity index (χ0n) is 22.9. The van der Waals surface area contributed by atoms with E-state index in [1.54, 1.807) is 20.8 Å². The maximum absolute atomic E-state index is 13.6. The van der Waals surface area contributed by atoms with E-state index in [2.05, 4.69) is 10.9 Å². The van der Waals surface area contributed by atoms with Gasteiger partial charge in [0.15, 0.2) is 6.29 Å². The molecule has 1 aromatic rings. The second-order valence-electron chi connectivity index (χ2n) is 10.9. The van der Waals surface area contributed by atoms with Crippen LogP contribution in [0.3, 0.4) is 0 Å². The maximum atomic E-state index is 13.6. The molecule has 2 rings (SSSR count). The SMILES string of the molecule is CC(C)CC(C(=O)NN(C(C)(C)C)S(C)(=O)=O)[C@@H](CC=Cc1ccccc1)C(=O)NO[C@H]1CCCCO1. The lowest BCUT2D eigenvalue weighted by Gasteiger charge is -2.35. The van der Waals surface area contributed by atoms with Crippen LogP contribution in [-0.2, 0) is 29.2 Å². The summed E-state index contributed by atoms with van der Waals surface area (Å²) in [4.78, 5) is 32.5. The van der Waals surface area contributed by atoms with Crippen LogP contribution in [-0.4, -0.2) is 49.3 Å². The fourth-order valence-corrected chi connectivity index (χ4v) is 5.52. The molecule has 1 aliphatic rings. The second-order valence-corrected chi connectivity index (χ2v) is 12.8. The topological polar surface area (TPSA) is 114 Å². The number of hydrazine groups is 1. The summed E-state index contributed by atoms with van der Waals surface area (Å²) >= 11 is 0. The van der Waals surface area contributed by atoms with Crippen LogP contribution in [0.5, 0.6) is 0 Å². The molecule has 1 unspecified atom stereocenters. The van der Waals surface area contributed by atoms with Gasteiger partial charge in [0.1, 0.15) is 0 Å². The predicted octanol–water partition coefficient (Wildman–Crippen LogP) is 4.03. The highest BCUT2D eigenvalue weighted by Gasteiger charge is 2.38. The van der Waals surface area contributed by atoms with Gasteiger partial charge in [-0.05, 0) is 57.9 Å². The molecule has 0 aromatic heterocycles. The lowest BCUT2D eigenvalue weighted by atomic mass is 9.82. The van der Waals surface area contributed by atoms with E-state index in [0.29, 0.717) is 19.4 Å². The quantitative estimate of drug-likeness (QED) is 0.389. The van der Waals surface area contributed by atoms with Gasteiger partial charge in [-0.2, -0.15) is 0 Å². The van der Waals surface area contributed by atoms with Crippen molar-refractivity contribution in [3.8, 4) is 0 Å². The molecular weight excluding hydrogens is 494 g/mol. The summed E-state index contributed by atoms with van der Waals surface area (Å²) < 4.78 is 31.4. The van der Waals surface area contributed by atoms with Crippen LogP contribution >= 0.6 is 0 Å². The minimum absolute atomic E-state index is 0.0769. The lowest BCUT2D eigenvalue weighted by Crippen LogP contribution is -2.57. The monoisotopic (exact) mass is 537 g/mol. The molecule has 208 valence electrons. The Morgan fingerprint density at radius 3 is 2.35 bits per heavy atom. The molecule has 1 heterocycles. The number of hydroxylamine groups is 1. The van der Waals surface area contributed by atoms with Gasteiger partial charge in [-0.1, -0.05) is 56.3 Å². The van der Waals surface area contributed by atoms with Crippen LogP contribution in [0.1, 0.15) is 72.3 Å². The van der Waals surface area contributed by atoms with Crippen molar-refractivity contribution in [2.75, 3.05) is 12.9 Å². The Bertz CT molecular complexity index is 999. The second kappa shape index (κ2) is 14.0. The van der Waals surface area contributed by atoms with Crippen molar-refractivity contribution in [1.29, 1.82) is 0 Å². The number of nitrogens with zero attached hydrogens (tertiary/aromatic N) is 1. The molecule has 9 nitrogen and oxygen atoms in total.